The SMILES string of the molecule is COCC(Cl)Cc1ccc([N+](=O)[O-])cc1C#N. The lowest BCUT2D eigenvalue weighted by atomic mass is 10.0. The molecule has 0 N–H and O–H groups in total. The highest BCUT2D eigenvalue weighted by Gasteiger charge is 2.13. The fourth-order valence-corrected chi connectivity index (χ4v) is 1.73. The first-order chi connectivity index (χ1) is 8.08. The molecule has 0 aromatic heterocycles. The van der Waals surface area contributed by atoms with E-state index in [-0.39, 0.29) is 16.6 Å². The average Bonchev–Trinajstić information content (AvgIpc) is 2.29. The monoisotopic (exact) mass is 254 g/mol. The standard InChI is InChI=1S/C11H11ClN2O3/c1-17-7-10(12)4-8-2-3-11(14(15)16)5-9(8)6-13/h2-3,5,10H,4,7H2,1H3. The van der Waals surface area contributed by atoms with Crippen LogP contribution in [0.4, 0.5) is 5.69 Å². The van der Waals surface area contributed by atoms with Gasteiger partial charge in [0, 0.05) is 19.2 Å². The molecule has 1 rings (SSSR count). The molecule has 5 nitrogen and oxygen atoms in total. The smallest absolute Gasteiger partial charge is 0.270 e. The lowest BCUT2D eigenvalue weighted by Gasteiger charge is -2.09. The largest absolute Gasteiger partial charge is 0.383 e. The summed E-state index contributed by atoms with van der Waals surface area (Å²) in [5.74, 6) is 0. The number of alkyl halides is 1. The number of benzene rings is 1. The molecular weight excluding hydrogens is 244 g/mol. The second kappa shape index (κ2) is 6.18. The summed E-state index contributed by atoms with van der Waals surface area (Å²) < 4.78 is 4.89. The number of hydrogen-bond acceptors (Lipinski definition) is 4. The molecule has 0 aliphatic rings. The van der Waals surface area contributed by atoms with E-state index in [1.54, 1.807) is 6.07 Å². The van der Waals surface area contributed by atoms with Crippen molar-refractivity contribution in [3.63, 3.8) is 0 Å². The number of non-ortho nitro benzene ring substituents is 1. The minimum absolute atomic E-state index is 0.0943. The molecule has 90 valence electrons. The van der Waals surface area contributed by atoms with Crippen molar-refractivity contribution >= 4 is 17.3 Å². The number of methoxy groups -OCH3 is 1. The molecule has 17 heavy (non-hydrogen) atoms. The molecule has 0 spiro atoms. The number of rotatable bonds is 5. The van der Waals surface area contributed by atoms with Crippen LogP contribution < -0.4 is 0 Å². The van der Waals surface area contributed by atoms with Crippen LogP contribution in [0, 0.1) is 21.4 Å². The van der Waals surface area contributed by atoms with Crippen molar-refractivity contribution in [2.45, 2.75) is 11.8 Å². The first-order valence-corrected chi connectivity index (χ1v) is 5.32. The third-order valence-electron chi connectivity index (χ3n) is 2.21. The fraction of sp³-hybridized carbons (Fsp3) is 0.364. The molecule has 1 atom stereocenters. The van der Waals surface area contributed by atoms with Crippen molar-refractivity contribution in [3.8, 4) is 6.07 Å². The Labute approximate surface area is 104 Å². The highest BCUT2D eigenvalue weighted by molar-refractivity contribution is 6.20. The highest BCUT2D eigenvalue weighted by atomic mass is 35.5. The summed E-state index contributed by atoms with van der Waals surface area (Å²) in [6.07, 6.45) is 0.441. The van der Waals surface area contributed by atoms with E-state index in [9.17, 15) is 10.1 Å². The zero-order chi connectivity index (χ0) is 12.8. The molecular formula is C11H11ClN2O3. The molecule has 1 aromatic rings. The van der Waals surface area contributed by atoms with Crippen LogP contribution in [0.2, 0.25) is 0 Å². The van der Waals surface area contributed by atoms with Crippen LogP contribution in [-0.2, 0) is 11.2 Å². The van der Waals surface area contributed by atoms with Crippen LogP contribution in [0.1, 0.15) is 11.1 Å². The van der Waals surface area contributed by atoms with Gasteiger partial charge < -0.3 is 4.74 Å². The Morgan fingerprint density at radius 3 is 2.88 bits per heavy atom. The van der Waals surface area contributed by atoms with E-state index in [1.165, 1.54) is 19.2 Å². The number of nitro groups is 1. The predicted molar refractivity (Wildman–Crippen MR) is 63.0 cm³/mol. The van der Waals surface area contributed by atoms with Crippen LogP contribution >= 0.6 is 11.6 Å². The Kier molecular flexibility index (Phi) is 4.88. The second-order valence-corrected chi connectivity index (χ2v) is 4.08. The number of hydrogen-bond donors (Lipinski definition) is 0. The van der Waals surface area contributed by atoms with Crippen LogP contribution in [0.3, 0.4) is 0 Å². The molecule has 0 bridgehead atoms. The van der Waals surface area contributed by atoms with E-state index in [0.717, 1.165) is 0 Å². The van der Waals surface area contributed by atoms with Gasteiger partial charge in [0.25, 0.3) is 5.69 Å². The zero-order valence-corrected chi connectivity index (χ0v) is 9.98. The van der Waals surface area contributed by atoms with Gasteiger partial charge in [-0.05, 0) is 12.0 Å². The van der Waals surface area contributed by atoms with Gasteiger partial charge in [0.2, 0.25) is 0 Å². The van der Waals surface area contributed by atoms with Crippen molar-refractivity contribution in [1.82, 2.24) is 0 Å². The molecule has 1 aromatic carbocycles. The van der Waals surface area contributed by atoms with Crippen molar-refractivity contribution in [1.29, 1.82) is 5.26 Å². The van der Waals surface area contributed by atoms with Crippen molar-refractivity contribution in [2.75, 3.05) is 13.7 Å². The number of nitrogens with zero attached hydrogens (tertiary/aromatic N) is 2. The lowest BCUT2D eigenvalue weighted by molar-refractivity contribution is -0.384. The molecule has 0 amide bonds. The third kappa shape index (κ3) is 3.70. The molecule has 6 heteroatoms. The third-order valence-corrected chi connectivity index (χ3v) is 2.49. The summed E-state index contributed by atoms with van der Waals surface area (Å²) in [6, 6.07) is 6.12. The molecule has 0 saturated carbocycles. The summed E-state index contributed by atoms with van der Waals surface area (Å²) in [7, 11) is 1.54. The summed E-state index contributed by atoms with van der Waals surface area (Å²) in [5, 5.41) is 19.2. The molecule has 1 unspecified atom stereocenters. The molecule has 0 saturated heterocycles. The number of nitriles is 1. The Balaban J connectivity index is 2.94. The van der Waals surface area contributed by atoms with Gasteiger partial charge in [-0.25, -0.2) is 0 Å². The fourth-order valence-electron chi connectivity index (χ4n) is 1.44. The van der Waals surface area contributed by atoms with Crippen LogP contribution in [0.15, 0.2) is 18.2 Å². The maximum Gasteiger partial charge on any atom is 0.270 e. The van der Waals surface area contributed by atoms with Crippen LogP contribution in [0.25, 0.3) is 0 Å². The van der Waals surface area contributed by atoms with E-state index >= 15 is 0 Å². The van der Waals surface area contributed by atoms with E-state index in [2.05, 4.69) is 0 Å². The Morgan fingerprint density at radius 1 is 1.65 bits per heavy atom. The number of nitro benzene ring substituents is 1. The normalized spacial score (nSPS) is 11.8. The quantitative estimate of drug-likeness (QED) is 0.459. The van der Waals surface area contributed by atoms with Crippen LogP contribution in [0.5, 0.6) is 0 Å². The molecule has 0 aliphatic heterocycles. The van der Waals surface area contributed by atoms with Crippen molar-refractivity contribution in [3.05, 3.63) is 39.4 Å². The summed E-state index contributed by atoms with van der Waals surface area (Å²) in [6.45, 7) is 0.364. The van der Waals surface area contributed by atoms with Gasteiger partial charge in [-0.3, -0.25) is 10.1 Å². The van der Waals surface area contributed by atoms with Gasteiger partial charge in [-0.15, -0.1) is 11.6 Å². The average molecular weight is 255 g/mol. The Hall–Kier alpha value is -1.64. The first kappa shape index (κ1) is 13.4. The maximum absolute atomic E-state index is 10.6. The van der Waals surface area contributed by atoms with Gasteiger partial charge in [-0.2, -0.15) is 5.26 Å². The highest BCUT2D eigenvalue weighted by Crippen LogP contribution is 2.19. The topological polar surface area (TPSA) is 76.2 Å². The minimum Gasteiger partial charge on any atom is -0.383 e. The maximum atomic E-state index is 10.6. The van der Waals surface area contributed by atoms with Gasteiger partial charge in [0.15, 0.2) is 0 Å². The summed E-state index contributed by atoms with van der Waals surface area (Å²) in [4.78, 5) is 10.0. The van der Waals surface area contributed by atoms with Gasteiger partial charge in [0.1, 0.15) is 0 Å². The summed E-state index contributed by atoms with van der Waals surface area (Å²) >= 11 is 5.98. The van der Waals surface area contributed by atoms with Crippen molar-refractivity contribution < 1.29 is 9.66 Å². The van der Waals surface area contributed by atoms with Gasteiger partial charge in [-0.1, -0.05) is 6.07 Å². The number of ether oxygens (including phenoxy) is 1. The van der Waals surface area contributed by atoms with E-state index < -0.39 is 4.92 Å². The molecule has 0 fully saturated rings. The first-order valence-electron chi connectivity index (χ1n) is 4.89. The van der Waals surface area contributed by atoms with E-state index in [1.807, 2.05) is 6.07 Å². The van der Waals surface area contributed by atoms with E-state index in [0.29, 0.717) is 18.6 Å². The Morgan fingerprint density at radius 2 is 2.35 bits per heavy atom. The second-order valence-electron chi connectivity index (χ2n) is 3.47. The van der Waals surface area contributed by atoms with Gasteiger partial charge in [0.05, 0.1) is 28.5 Å². The predicted octanol–water partition coefficient (Wildman–Crippen LogP) is 2.26. The van der Waals surface area contributed by atoms with E-state index in [4.69, 9.17) is 21.6 Å². The molecule has 0 heterocycles. The minimum atomic E-state index is -0.530. The molecule has 0 radical (unpaired) electrons. The zero-order valence-electron chi connectivity index (χ0n) is 9.22. The summed E-state index contributed by atoms with van der Waals surface area (Å²) in [5.41, 5.74) is 0.874. The van der Waals surface area contributed by atoms with Crippen molar-refractivity contribution in [2.24, 2.45) is 0 Å². The molecule has 0 aliphatic carbocycles. The lowest BCUT2D eigenvalue weighted by Crippen LogP contribution is -2.11. The number of halogens is 1. The van der Waals surface area contributed by atoms with Gasteiger partial charge >= 0.3 is 0 Å². The van der Waals surface area contributed by atoms with Crippen LogP contribution in [-0.4, -0.2) is 24.0 Å². The Bertz CT molecular complexity index is 457.